The third-order valence-electron chi connectivity index (χ3n) is 3.58. The molecule has 0 aromatic heterocycles. The number of hydrogen-bond acceptors (Lipinski definition) is 4. The second-order valence-corrected chi connectivity index (χ2v) is 7.76. The summed E-state index contributed by atoms with van der Waals surface area (Å²) < 4.78 is 5.88. The van der Waals surface area contributed by atoms with Crippen molar-refractivity contribution in [2.45, 2.75) is 52.6 Å². The molecular formula is C17H32NO5+. The van der Waals surface area contributed by atoms with Gasteiger partial charge in [-0.25, -0.2) is 0 Å². The first-order chi connectivity index (χ1) is 10.3. The van der Waals surface area contributed by atoms with Crippen molar-refractivity contribution >= 4 is 17.7 Å². The van der Waals surface area contributed by atoms with Gasteiger partial charge in [0.2, 0.25) is 5.60 Å². The fourth-order valence-electron chi connectivity index (χ4n) is 2.40. The van der Waals surface area contributed by atoms with E-state index in [1.54, 1.807) is 6.92 Å². The molecule has 0 spiro atoms. The molecule has 0 bridgehead atoms. The predicted molar refractivity (Wildman–Crippen MR) is 87.9 cm³/mol. The quantitative estimate of drug-likeness (QED) is 0.490. The smallest absolute Gasteiger partial charge is 0.309 e. The molecule has 0 aliphatic heterocycles. The first-order valence-corrected chi connectivity index (χ1v) is 8.11. The van der Waals surface area contributed by atoms with E-state index in [4.69, 9.17) is 4.74 Å². The molecule has 0 amide bonds. The molecule has 0 radical (unpaired) electrons. The standard InChI is InChI=1S/C17H31NO5/c1-8-13(4)16(22)23-17(10-15(20)21,11-18(5,6)7)14(19)9-12(2)3/h12-13H,8-11H2,1-7H3/p+1. The number of aliphatic carboxylic acids is 1. The van der Waals surface area contributed by atoms with E-state index in [1.165, 1.54) is 0 Å². The van der Waals surface area contributed by atoms with E-state index in [-0.39, 0.29) is 30.6 Å². The molecule has 2 unspecified atom stereocenters. The van der Waals surface area contributed by atoms with Crippen LogP contribution in [-0.2, 0) is 19.1 Å². The SMILES string of the molecule is CCC(C)C(=O)OC(CC(=O)O)(C[N+](C)(C)C)C(=O)CC(C)C. The van der Waals surface area contributed by atoms with Crippen molar-refractivity contribution < 1.29 is 28.7 Å². The molecule has 0 aliphatic rings. The Morgan fingerprint density at radius 1 is 1.13 bits per heavy atom. The molecule has 0 aromatic carbocycles. The predicted octanol–water partition coefficient (Wildman–Crippen LogP) is 2.11. The summed E-state index contributed by atoms with van der Waals surface area (Å²) in [4.78, 5) is 36.4. The van der Waals surface area contributed by atoms with E-state index >= 15 is 0 Å². The van der Waals surface area contributed by atoms with E-state index in [2.05, 4.69) is 0 Å². The van der Waals surface area contributed by atoms with Crippen molar-refractivity contribution in [1.82, 2.24) is 0 Å². The lowest BCUT2D eigenvalue weighted by molar-refractivity contribution is -0.875. The number of nitrogens with zero attached hydrogens (tertiary/aromatic N) is 1. The maximum absolute atomic E-state index is 12.8. The number of quaternary nitrogens is 1. The number of carbonyl (C=O) groups excluding carboxylic acids is 2. The number of carbonyl (C=O) groups is 3. The van der Waals surface area contributed by atoms with Crippen molar-refractivity contribution in [3.05, 3.63) is 0 Å². The fourth-order valence-corrected chi connectivity index (χ4v) is 2.40. The minimum Gasteiger partial charge on any atom is -0.481 e. The minimum absolute atomic E-state index is 0.0606. The van der Waals surface area contributed by atoms with Gasteiger partial charge in [-0.15, -0.1) is 0 Å². The van der Waals surface area contributed by atoms with Crippen molar-refractivity contribution in [2.75, 3.05) is 27.7 Å². The van der Waals surface area contributed by atoms with Gasteiger partial charge < -0.3 is 14.3 Å². The lowest BCUT2D eigenvalue weighted by Crippen LogP contribution is -2.57. The van der Waals surface area contributed by atoms with Crippen LogP contribution in [0.15, 0.2) is 0 Å². The number of esters is 1. The molecule has 0 aromatic rings. The van der Waals surface area contributed by atoms with Gasteiger partial charge >= 0.3 is 11.9 Å². The Kier molecular flexibility index (Phi) is 7.91. The van der Waals surface area contributed by atoms with Crippen LogP contribution in [0.25, 0.3) is 0 Å². The topological polar surface area (TPSA) is 80.7 Å². The molecule has 2 atom stereocenters. The number of likely N-dealkylation sites (N-methyl/N-ethyl adjacent to an activating group) is 1. The number of Topliss-reactive ketones (excluding diaryl/α,β-unsaturated/α-hetero) is 1. The van der Waals surface area contributed by atoms with Crippen LogP contribution >= 0.6 is 0 Å². The molecule has 1 N–H and O–H groups in total. The molecule has 23 heavy (non-hydrogen) atoms. The molecule has 0 aliphatic carbocycles. The molecule has 0 saturated heterocycles. The molecule has 0 fully saturated rings. The maximum atomic E-state index is 12.8. The average molecular weight is 330 g/mol. The van der Waals surface area contributed by atoms with Crippen LogP contribution in [0.1, 0.15) is 47.0 Å². The number of carboxylic acids is 1. The van der Waals surface area contributed by atoms with Crippen LogP contribution in [0.3, 0.4) is 0 Å². The number of hydrogen-bond donors (Lipinski definition) is 1. The van der Waals surface area contributed by atoms with E-state index in [0.29, 0.717) is 10.9 Å². The Morgan fingerprint density at radius 3 is 2.00 bits per heavy atom. The van der Waals surface area contributed by atoms with Gasteiger partial charge in [0.05, 0.1) is 33.5 Å². The molecule has 134 valence electrons. The van der Waals surface area contributed by atoms with Gasteiger partial charge in [0.1, 0.15) is 6.54 Å². The first kappa shape index (κ1) is 21.6. The van der Waals surface area contributed by atoms with Gasteiger partial charge in [-0.2, -0.15) is 0 Å². The highest BCUT2D eigenvalue weighted by Crippen LogP contribution is 2.26. The monoisotopic (exact) mass is 330 g/mol. The first-order valence-electron chi connectivity index (χ1n) is 8.11. The Labute approximate surface area is 139 Å². The fraction of sp³-hybridized carbons (Fsp3) is 0.824. The number of ketones is 1. The summed E-state index contributed by atoms with van der Waals surface area (Å²) in [5, 5.41) is 9.29. The zero-order valence-electron chi connectivity index (χ0n) is 15.5. The Bertz CT molecular complexity index is 439. The summed E-state index contributed by atoms with van der Waals surface area (Å²) in [5.41, 5.74) is -1.62. The molecule has 0 saturated carbocycles. The van der Waals surface area contributed by atoms with Crippen molar-refractivity contribution in [3.8, 4) is 0 Å². The minimum atomic E-state index is -1.62. The van der Waals surface area contributed by atoms with Crippen LogP contribution in [0.2, 0.25) is 0 Å². The second kappa shape index (κ2) is 8.43. The highest BCUT2D eigenvalue weighted by atomic mass is 16.6. The largest absolute Gasteiger partial charge is 0.481 e. The summed E-state index contributed by atoms with van der Waals surface area (Å²) >= 11 is 0. The molecule has 6 nitrogen and oxygen atoms in total. The highest BCUT2D eigenvalue weighted by Gasteiger charge is 2.48. The lowest BCUT2D eigenvalue weighted by Gasteiger charge is -2.37. The zero-order chi connectivity index (χ0) is 18.4. The molecule has 0 rings (SSSR count). The van der Waals surface area contributed by atoms with E-state index in [1.807, 2.05) is 41.9 Å². The maximum Gasteiger partial charge on any atom is 0.309 e. The lowest BCUT2D eigenvalue weighted by atomic mass is 9.87. The van der Waals surface area contributed by atoms with Crippen molar-refractivity contribution in [2.24, 2.45) is 11.8 Å². The van der Waals surface area contributed by atoms with Crippen molar-refractivity contribution in [3.63, 3.8) is 0 Å². The Morgan fingerprint density at radius 2 is 1.65 bits per heavy atom. The molecular weight excluding hydrogens is 298 g/mol. The van der Waals surface area contributed by atoms with Crippen LogP contribution in [-0.4, -0.2) is 60.6 Å². The summed E-state index contributed by atoms with van der Waals surface area (Å²) in [5.74, 6) is -2.29. The average Bonchev–Trinajstić information content (AvgIpc) is 2.33. The third kappa shape index (κ3) is 7.59. The van der Waals surface area contributed by atoms with Crippen LogP contribution < -0.4 is 0 Å². The number of rotatable bonds is 10. The van der Waals surface area contributed by atoms with Crippen LogP contribution in [0, 0.1) is 11.8 Å². The molecule has 0 heterocycles. The zero-order valence-corrected chi connectivity index (χ0v) is 15.5. The summed E-state index contributed by atoms with van der Waals surface area (Å²) in [7, 11) is 5.53. The van der Waals surface area contributed by atoms with Gasteiger partial charge in [0.15, 0.2) is 5.78 Å². The normalized spacial score (nSPS) is 15.8. The third-order valence-corrected chi connectivity index (χ3v) is 3.58. The van der Waals surface area contributed by atoms with Gasteiger partial charge in [0.25, 0.3) is 0 Å². The Hall–Kier alpha value is -1.43. The van der Waals surface area contributed by atoms with Crippen LogP contribution in [0.4, 0.5) is 0 Å². The van der Waals surface area contributed by atoms with Crippen molar-refractivity contribution in [1.29, 1.82) is 0 Å². The van der Waals surface area contributed by atoms with E-state index < -0.39 is 24.0 Å². The Balaban J connectivity index is 5.77. The summed E-state index contributed by atoms with van der Waals surface area (Å²) in [6, 6.07) is 0. The van der Waals surface area contributed by atoms with Gasteiger partial charge in [0, 0.05) is 6.42 Å². The van der Waals surface area contributed by atoms with E-state index in [0.717, 1.165) is 0 Å². The molecule has 6 heteroatoms. The van der Waals surface area contributed by atoms with Gasteiger partial charge in [-0.1, -0.05) is 27.7 Å². The summed E-state index contributed by atoms with van der Waals surface area (Å²) in [6.07, 6.45) is 0.252. The van der Waals surface area contributed by atoms with E-state index in [9.17, 15) is 19.5 Å². The number of ether oxygens (including phenoxy) is 1. The number of carboxylic acid groups (broad SMARTS) is 1. The highest BCUT2D eigenvalue weighted by molar-refractivity contribution is 5.93. The second-order valence-electron chi connectivity index (χ2n) is 7.76. The van der Waals surface area contributed by atoms with Crippen LogP contribution in [0.5, 0.6) is 0 Å². The van der Waals surface area contributed by atoms with Gasteiger partial charge in [-0.3, -0.25) is 14.4 Å². The van der Waals surface area contributed by atoms with Gasteiger partial charge in [-0.05, 0) is 12.3 Å². The summed E-state index contributed by atoms with van der Waals surface area (Å²) in [6.45, 7) is 7.46.